The number of carbonyl (C=O) groups excluding carboxylic acids is 1. The number of phenols is 2. The zero-order valence-corrected chi connectivity index (χ0v) is 16.5. The monoisotopic (exact) mass is 450 g/mol. The molecule has 0 bridgehead atoms. The van der Waals surface area contributed by atoms with Crippen LogP contribution >= 0.6 is 0 Å². The van der Waals surface area contributed by atoms with E-state index in [9.17, 15) is 40.5 Å². The Morgan fingerprint density at radius 3 is 2.28 bits per heavy atom. The lowest BCUT2D eigenvalue weighted by Gasteiger charge is -2.39. The van der Waals surface area contributed by atoms with E-state index >= 15 is 0 Å². The summed E-state index contributed by atoms with van der Waals surface area (Å²) in [6, 6.07) is 7.93. The van der Waals surface area contributed by atoms with E-state index in [0.29, 0.717) is 5.56 Å². The SMILES string of the molecule is O=C1c2c(O)cc(O[C@H]3O[C@@H](CO)[C@H](O)[C@@H](O)[C@@H]3O)cc2O[C@@H](c2ccc(O)cc2)[C@H]1O. The maximum absolute atomic E-state index is 12.7. The molecule has 2 aliphatic heterocycles. The molecule has 0 amide bonds. The van der Waals surface area contributed by atoms with Crippen LogP contribution in [0.1, 0.15) is 22.0 Å². The van der Waals surface area contributed by atoms with Gasteiger partial charge in [-0.3, -0.25) is 4.79 Å². The second kappa shape index (κ2) is 8.54. The lowest BCUT2D eigenvalue weighted by molar-refractivity contribution is -0.277. The Kier molecular flexibility index (Phi) is 5.95. The molecule has 7 N–H and O–H groups in total. The second-order valence-electron chi connectivity index (χ2n) is 7.57. The van der Waals surface area contributed by atoms with Crippen molar-refractivity contribution in [1.82, 2.24) is 0 Å². The van der Waals surface area contributed by atoms with E-state index in [4.69, 9.17) is 14.2 Å². The highest BCUT2D eigenvalue weighted by atomic mass is 16.7. The van der Waals surface area contributed by atoms with Gasteiger partial charge >= 0.3 is 0 Å². The van der Waals surface area contributed by atoms with Gasteiger partial charge in [0.05, 0.1) is 6.61 Å². The van der Waals surface area contributed by atoms with Gasteiger partial charge in [-0.2, -0.15) is 0 Å². The lowest BCUT2D eigenvalue weighted by Crippen LogP contribution is -2.60. The standard InChI is InChI=1S/C21H22O11/c22-7-13-15(25)17(27)19(29)21(32-13)30-10-5-11(24)14-12(6-10)31-20(18(28)16(14)26)8-1-3-9(23)4-2-8/h1-6,13,15,17-25,27-29H,7H2/t13-,15-,17+,18-,19-,20-,21-/m0/s1. The number of aliphatic hydroxyl groups is 5. The molecule has 0 aromatic heterocycles. The molecule has 0 radical (unpaired) electrons. The van der Waals surface area contributed by atoms with E-state index in [1.807, 2.05) is 0 Å². The van der Waals surface area contributed by atoms with Crippen LogP contribution in [0.3, 0.4) is 0 Å². The third-order valence-corrected chi connectivity index (χ3v) is 5.43. The number of Topliss-reactive ketones (excluding diaryl/α,β-unsaturated/α-hetero) is 1. The molecule has 2 aromatic rings. The molecular formula is C21H22O11. The number of ketones is 1. The average Bonchev–Trinajstić information content (AvgIpc) is 2.77. The van der Waals surface area contributed by atoms with Crippen molar-refractivity contribution in [1.29, 1.82) is 0 Å². The Morgan fingerprint density at radius 2 is 1.62 bits per heavy atom. The first-order chi connectivity index (χ1) is 15.2. The quantitative estimate of drug-likeness (QED) is 0.301. The molecule has 32 heavy (non-hydrogen) atoms. The first kappa shape index (κ1) is 22.3. The highest BCUT2D eigenvalue weighted by molar-refractivity contribution is 6.05. The zero-order valence-electron chi connectivity index (χ0n) is 16.5. The summed E-state index contributed by atoms with van der Waals surface area (Å²) >= 11 is 0. The fourth-order valence-corrected chi connectivity index (χ4v) is 3.68. The molecule has 0 spiro atoms. The number of fused-ring (bicyclic) bond motifs is 1. The summed E-state index contributed by atoms with van der Waals surface area (Å²) in [6.45, 7) is -0.649. The number of hydrogen-bond acceptors (Lipinski definition) is 11. The first-order valence-corrected chi connectivity index (χ1v) is 9.73. The molecule has 11 heteroatoms. The van der Waals surface area contributed by atoms with Crippen molar-refractivity contribution in [3.63, 3.8) is 0 Å². The molecule has 172 valence electrons. The van der Waals surface area contributed by atoms with Crippen molar-refractivity contribution in [3.8, 4) is 23.0 Å². The number of rotatable bonds is 4. The van der Waals surface area contributed by atoms with Crippen LogP contribution in [0, 0.1) is 0 Å². The summed E-state index contributed by atoms with van der Waals surface area (Å²) in [6.07, 6.45) is -10.4. The third-order valence-electron chi connectivity index (χ3n) is 5.43. The Labute approximate surface area is 181 Å². The fraction of sp³-hybridized carbons (Fsp3) is 0.381. The predicted molar refractivity (Wildman–Crippen MR) is 104 cm³/mol. The highest BCUT2D eigenvalue weighted by Crippen LogP contribution is 2.42. The third kappa shape index (κ3) is 3.86. The van der Waals surface area contributed by atoms with Gasteiger partial charge in [0.1, 0.15) is 53.0 Å². The van der Waals surface area contributed by atoms with Crippen molar-refractivity contribution in [2.45, 2.75) is 42.9 Å². The molecule has 0 saturated carbocycles. The minimum Gasteiger partial charge on any atom is -0.508 e. The van der Waals surface area contributed by atoms with E-state index in [-0.39, 0.29) is 22.8 Å². The van der Waals surface area contributed by atoms with E-state index in [1.54, 1.807) is 0 Å². The summed E-state index contributed by atoms with van der Waals surface area (Å²) in [5.74, 6) is -1.59. The van der Waals surface area contributed by atoms with Gasteiger partial charge in [-0.1, -0.05) is 12.1 Å². The van der Waals surface area contributed by atoms with Crippen molar-refractivity contribution < 1.29 is 54.8 Å². The predicted octanol–water partition coefficient (Wildman–Crippen LogP) is -1.05. The molecule has 1 fully saturated rings. The van der Waals surface area contributed by atoms with Crippen LogP contribution in [0.5, 0.6) is 23.0 Å². The number of ether oxygens (including phenoxy) is 3. The van der Waals surface area contributed by atoms with Gasteiger partial charge in [0.25, 0.3) is 0 Å². The van der Waals surface area contributed by atoms with E-state index in [0.717, 1.165) is 6.07 Å². The van der Waals surface area contributed by atoms with E-state index in [2.05, 4.69) is 0 Å². The van der Waals surface area contributed by atoms with Gasteiger partial charge < -0.3 is 50.0 Å². The number of benzene rings is 2. The van der Waals surface area contributed by atoms with Crippen molar-refractivity contribution >= 4 is 5.78 Å². The molecule has 0 unspecified atom stereocenters. The molecule has 0 aliphatic carbocycles. The number of hydrogen-bond donors (Lipinski definition) is 7. The smallest absolute Gasteiger partial charge is 0.229 e. The van der Waals surface area contributed by atoms with E-state index in [1.165, 1.54) is 30.3 Å². The second-order valence-corrected chi connectivity index (χ2v) is 7.57. The van der Waals surface area contributed by atoms with E-state index < -0.39 is 61.1 Å². The maximum Gasteiger partial charge on any atom is 0.229 e. The van der Waals surface area contributed by atoms with Gasteiger partial charge in [-0.15, -0.1) is 0 Å². The molecule has 7 atom stereocenters. The Balaban J connectivity index is 1.63. The normalized spacial score (nSPS) is 32.2. The molecular weight excluding hydrogens is 428 g/mol. The van der Waals surface area contributed by atoms with Crippen molar-refractivity contribution in [3.05, 3.63) is 47.5 Å². The lowest BCUT2D eigenvalue weighted by atomic mass is 9.93. The van der Waals surface area contributed by atoms with Crippen LogP contribution in [0.25, 0.3) is 0 Å². The Hall–Kier alpha value is -2.93. The Morgan fingerprint density at radius 1 is 0.938 bits per heavy atom. The topological polar surface area (TPSA) is 186 Å². The number of carbonyl (C=O) groups is 1. The first-order valence-electron chi connectivity index (χ1n) is 9.73. The summed E-state index contributed by atoms with van der Waals surface area (Å²) in [7, 11) is 0. The summed E-state index contributed by atoms with van der Waals surface area (Å²) in [5, 5.41) is 69.4. The van der Waals surface area contributed by atoms with Crippen LogP contribution in [0.4, 0.5) is 0 Å². The molecule has 2 aromatic carbocycles. The Bertz CT molecular complexity index is 990. The maximum atomic E-state index is 12.7. The van der Waals surface area contributed by atoms with Crippen molar-refractivity contribution in [2.75, 3.05) is 6.61 Å². The minimum absolute atomic E-state index is 0.0152. The van der Waals surface area contributed by atoms with Gasteiger partial charge in [-0.25, -0.2) is 0 Å². The van der Waals surface area contributed by atoms with Gasteiger partial charge in [0.2, 0.25) is 12.1 Å². The molecule has 4 rings (SSSR count). The van der Waals surface area contributed by atoms with Crippen molar-refractivity contribution in [2.24, 2.45) is 0 Å². The zero-order chi connectivity index (χ0) is 23.2. The van der Waals surface area contributed by atoms with Crippen LogP contribution in [0.15, 0.2) is 36.4 Å². The minimum atomic E-state index is -1.68. The largest absolute Gasteiger partial charge is 0.508 e. The highest BCUT2D eigenvalue weighted by Gasteiger charge is 2.45. The van der Waals surface area contributed by atoms with Crippen LogP contribution < -0.4 is 9.47 Å². The molecule has 1 saturated heterocycles. The van der Waals surface area contributed by atoms with Gasteiger partial charge in [-0.05, 0) is 17.7 Å². The number of aliphatic hydroxyl groups excluding tert-OH is 5. The van der Waals surface area contributed by atoms with Crippen LogP contribution in [0.2, 0.25) is 0 Å². The summed E-state index contributed by atoms with van der Waals surface area (Å²) in [5.41, 5.74) is 0.128. The number of aromatic hydroxyl groups is 2. The van der Waals surface area contributed by atoms with Gasteiger partial charge in [0, 0.05) is 12.1 Å². The molecule has 2 heterocycles. The average molecular weight is 450 g/mol. The molecule has 11 nitrogen and oxygen atoms in total. The van der Waals surface area contributed by atoms with Crippen LogP contribution in [-0.4, -0.2) is 84.9 Å². The van der Waals surface area contributed by atoms with Crippen LogP contribution in [-0.2, 0) is 4.74 Å². The molecule has 2 aliphatic rings. The summed E-state index contributed by atoms with van der Waals surface area (Å²) < 4.78 is 16.5. The number of phenolic OH excluding ortho intramolecular Hbond substituents is 2. The summed E-state index contributed by atoms with van der Waals surface area (Å²) in [4.78, 5) is 12.7. The fourth-order valence-electron chi connectivity index (χ4n) is 3.68. The van der Waals surface area contributed by atoms with Gasteiger partial charge in [0.15, 0.2) is 12.2 Å².